The van der Waals surface area contributed by atoms with Crippen LogP contribution in [0.25, 0.3) is 11.0 Å². The number of aromatic nitrogens is 4. The molecule has 0 unspecified atom stereocenters. The molecule has 0 atom stereocenters. The second kappa shape index (κ2) is 6.87. The zero-order chi connectivity index (χ0) is 18.8. The van der Waals surface area contributed by atoms with Crippen LogP contribution in [0.2, 0.25) is 0 Å². The average molecular weight is 357 g/mol. The lowest BCUT2D eigenvalue weighted by Gasteiger charge is -2.07. The van der Waals surface area contributed by atoms with Gasteiger partial charge in [0.15, 0.2) is 6.61 Å². The molecular weight excluding hydrogens is 338 g/mol. The largest absolute Gasteiger partial charge is 0.454 e. The Balaban J connectivity index is 1.63. The third-order valence-electron chi connectivity index (χ3n) is 3.97. The Kier molecular flexibility index (Phi) is 4.61. The molecule has 9 nitrogen and oxygen atoms in total. The summed E-state index contributed by atoms with van der Waals surface area (Å²) < 4.78 is 9.29. The Morgan fingerprint density at radius 2 is 1.88 bits per heavy atom. The van der Waals surface area contributed by atoms with Gasteiger partial charge in [0.2, 0.25) is 0 Å². The number of carbonyl (C=O) groups is 2. The molecule has 0 aliphatic heterocycles. The average Bonchev–Trinajstić information content (AvgIpc) is 3.04. The Bertz CT molecular complexity index is 1040. The number of anilines is 1. The molecule has 26 heavy (non-hydrogen) atoms. The fourth-order valence-electron chi connectivity index (χ4n) is 2.74. The summed E-state index contributed by atoms with van der Waals surface area (Å²) in [6.07, 6.45) is 0. The van der Waals surface area contributed by atoms with Crippen molar-refractivity contribution in [1.29, 1.82) is 0 Å². The minimum atomic E-state index is -0.667. The van der Waals surface area contributed by atoms with Crippen molar-refractivity contribution in [1.82, 2.24) is 18.9 Å². The van der Waals surface area contributed by atoms with E-state index >= 15 is 0 Å². The van der Waals surface area contributed by atoms with Gasteiger partial charge < -0.3 is 10.1 Å². The third kappa shape index (κ3) is 3.37. The molecule has 0 radical (unpaired) electrons. The molecule has 1 amide bonds. The van der Waals surface area contributed by atoms with Crippen LogP contribution in [-0.2, 0) is 35.0 Å². The number of rotatable bonds is 5. The Morgan fingerprint density at radius 1 is 1.19 bits per heavy atom. The molecule has 3 rings (SSSR count). The number of nitrogens with zero attached hydrogens (tertiary/aromatic N) is 4. The SMILES string of the molecule is Cc1cc(NC(=O)COC(=O)Cn2c(=O)n(C)c3ccccc32)n(C)n1. The van der Waals surface area contributed by atoms with Crippen LogP contribution in [0.1, 0.15) is 5.69 Å². The van der Waals surface area contributed by atoms with Gasteiger partial charge in [0.25, 0.3) is 5.91 Å². The maximum Gasteiger partial charge on any atom is 0.329 e. The number of ether oxygens (including phenoxy) is 1. The van der Waals surface area contributed by atoms with E-state index in [0.29, 0.717) is 11.3 Å². The van der Waals surface area contributed by atoms with Crippen LogP contribution in [0.4, 0.5) is 5.82 Å². The van der Waals surface area contributed by atoms with Gasteiger partial charge in [0.1, 0.15) is 12.4 Å². The molecule has 1 N–H and O–H groups in total. The lowest BCUT2D eigenvalue weighted by atomic mass is 10.3. The molecule has 2 heterocycles. The number of nitrogens with one attached hydrogen (secondary N) is 1. The molecule has 2 aromatic heterocycles. The van der Waals surface area contributed by atoms with Gasteiger partial charge in [-0.15, -0.1) is 0 Å². The van der Waals surface area contributed by atoms with Gasteiger partial charge in [-0.1, -0.05) is 12.1 Å². The molecule has 0 saturated heterocycles. The highest BCUT2D eigenvalue weighted by Gasteiger charge is 2.15. The van der Waals surface area contributed by atoms with Crippen molar-refractivity contribution in [3.05, 3.63) is 46.5 Å². The maximum absolute atomic E-state index is 12.3. The maximum atomic E-state index is 12.3. The van der Waals surface area contributed by atoms with Gasteiger partial charge >= 0.3 is 11.7 Å². The van der Waals surface area contributed by atoms with E-state index in [9.17, 15) is 14.4 Å². The van der Waals surface area contributed by atoms with Crippen LogP contribution in [0.3, 0.4) is 0 Å². The van der Waals surface area contributed by atoms with Crippen LogP contribution < -0.4 is 11.0 Å². The van der Waals surface area contributed by atoms with Crippen LogP contribution in [-0.4, -0.2) is 37.4 Å². The molecule has 136 valence electrons. The minimum absolute atomic E-state index is 0.266. The number of esters is 1. The van der Waals surface area contributed by atoms with E-state index < -0.39 is 18.5 Å². The number of aryl methyl sites for hydroxylation is 3. The first-order valence-corrected chi connectivity index (χ1v) is 7.97. The summed E-state index contributed by atoms with van der Waals surface area (Å²) in [6, 6.07) is 8.85. The molecule has 9 heteroatoms. The summed E-state index contributed by atoms with van der Waals surface area (Å²) >= 11 is 0. The van der Waals surface area contributed by atoms with Crippen molar-refractivity contribution < 1.29 is 14.3 Å². The van der Waals surface area contributed by atoms with Crippen molar-refractivity contribution in [2.24, 2.45) is 14.1 Å². The van der Waals surface area contributed by atoms with Crippen molar-refractivity contribution in [2.45, 2.75) is 13.5 Å². The second-order valence-corrected chi connectivity index (χ2v) is 5.92. The zero-order valence-corrected chi connectivity index (χ0v) is 14.7. The quantitative estimate of drug-likeness (QED) is 0.673. The molecular formula is C17H19N5O4. The van der Waals surface area contributed by atoms with Crippen LogP contribution in [0.15, 0.2) is 35.1 Å². The number of fused-ring (bicyclic) bond motifs is 1. The van der Waals surface area contributed by atoms with Crippen molar-refractivity contribution in [3.63, 3.8) is 0 Å². The van der Waals surface area contributed by atoms with Gasteiger partial charge in [0, 0.05) is 20.2 Å². The fraction of sp³-hybridized carbons (Fsp3) is 0.294. The summed E-state index contributed by atoms with van der Waals surface area (Å²) in [7, 11) is 3.33. The number of benzene rings is 1. The highest BCUT2D eigenvalue weighted by molar-refractivity contribution is 5.92. The molecule has 3 aromatic rings. The normalized spacial score (nSPS) is 10.9. The lowest BCUT2D eigenvalue weighted by molar-refractivity contribution is -0.147. The zero-order valence-electron chi connectivity index (χ0n) is 14.7. The molecule has 0 aliphatic rings. The number of carbonyl (C=O) groups excluding carboxylic acids is 2. The monoisotopic (exact) mass is 357 g/mol. The van der Waals surface area contributed by atoms with Gasteiger partial charge in [0.05, 0.1) is 16.7 Å². The van der Waals surface area contributed by atoms with Crippen molar-refractivity contribution in [3.8, 4) is 0 Å². The van der Waals surface area contributed by atoms with E-state index in [1.165, 1.54) is 13.8 Å². The van der Waals surface area contributed by atoms with Gasteiger partial charge in [-0.25, -0.2) is 4.79 Å². The van der Waals surface area contributed by atoms with E-state index in [4.69, 9.17) is 4.74 Å². The smallest absolute Gasteiger partial charge is 0.329 e. The van der Waals surface area contributed by atoms with Crippen molar-refractivity contribution >= 4 is 28.7 Å². The summed E-state index contributed by atoms with van der Waals surface area (Å²) in [4.78, 5) is 36.2. The summed E-state index contributed by atoms with van der Waals surface area (Å²) in [5.74, 6) is -0.639. The first-order chi connectivity index (χ1) is 12.4. The van der Waals surface area contributed by atoms with E-state index in [0.717, 1.165) is 11.2 Å². The van der Waals surface area contributed by atoms with E-state index in [1.807, 2.05) is 6.07 Å². The van der Waals surface area contributed by atoms with Crippen LogP contribution in [0, 0.1) is 6.92 Å². The molecule has 0 spiro atoms. The fourth-order valence-corrected chi connectivity index (χ4v) is 2.74. The number of hydrogen-bond acceptors (Lipinski definition) is 5. The number of para-hydroxylation sites is 2. The molecule has 0 saturated carbocycles. The highest BCUT2D eigenvalue weighted by atomic mass is 16.5. The van der Waals surface area contributed by atoms with Gasteiger partial charge in [-0.05, 0) is 19.1 Å². The summed E-state index contributed by atoms with van der Waals surface area (Å²) in [5.41, 5.74) is 1.79. The van der Waals surface area contributed by atoms with E-state index in [1.54, 1.807) is 45.3 Å². The Hall–Kier alpha value is -3.36. The first kappa shape index (κ1) is 17.5. The van der Waals surface area contributed by atoms with Crippen LogP contribution in [0.5, 0.6) is 0 Å². The van der Waals surface area contributed by atoms with E-state index in [-0.39, 0.29) is 12.2 Å². The second-order valence-electron chi connectivity index (χ2n) is 5.92. The first-order valence-electron chi connectivity index (χ1n) is 7.97. The van der Waals surface area contributed by atoms with Crippen LogP contribution >= 0.6 is 0 Å². The van der Waals surface area contributed by atoms with E-state index in [2.05, 4.69) is 10.4 Å². The van der Waals surface area contributed by atoms with Crippen molar-refractivity contribution in [2.75, 3.05) is 11.9 Å². The minimum Gasteiger partial charge on any atom is -0.454 e. The molecule has 1 aromatic carbocycles. The predicted octanol–water partition coefficient (Wildman–Crippen LogP) is 0.564. The number of imidazole rings is 1. The lowest BCUT2D eigenvalue weighted by Crippen LogP contribution is -2.28. The standard InChI is InChI=1S/C17H19N5O4/c1-11-8-14(21(3)19-11)18-15(23)10-26-16(24)9-22-13-7-5-4-6-12(13)20(2)17(22)25/h4-8H,9-10H2,1-3H3,(H,18,23). The molecule has 0 aliphatic carbocycles. The Morgan fingerprint density at radius 3 is 2.54 bits per heavy atom. The predicted molar refractivity (Wildman–Crippen MR) is 94.7 cm³/mol. The number of hydrogen-bond donors (Lipinski definition) is 1. The summed E-state index contributed by atoms with van der Waals surface area (Å²) in [6.45, 7) is 1.10. The number of amides is 1. The molecule has 0 fully saturated rings. The topological polar surface area (TPSA) is 100 Å². The van der Waals surface area contributed by atoms with Gasteiger partial charge in [-0.2, -0.15) is 5.10 Å². The third-order valence-corrected chi connectivity index (χ3v) is 3.97. The Labute approximate surface area is 148 Å². The van der Waals surface area contributed by atoms with Gasteiger partial charge in [-0.3, -0.25) is 23.4 Å². The molecule has 0 bridgehead atoms. The highest BCUT2D eigenvalue weighted by Crippen LogP contribution is 2.11. The summed E-state index contributed by atoms with van der Waals surface area (Å²) in [5, 5.41) is 6.72.